The largest absolute Gasteiger partial charge is 0.437 e. The summed E-state index contributed by atoms with van der Waals surface area (Å²) in [5.74, 6) is 1.76. The van der Waals surface area contributed by atoms with E-state index in [1.807, 2.05) is 84.9 Å². The van der Waals surface area contributed by atoms with Crippen molar-refractivity contribution in [3.05, 3.63) is 116 Å². The van der Waals surface area contributed by atoms with Gasteiger partial charge < -0.3 is 10.1 Å². The molecule has 0 saturated carbocycles. The topological polar surface area (TPSA) is 85.7 Å². The quantitative estimate of drug-likeness (QED) is 0.292. The zero-order valence-corrected chi connectivity index (χ0v) is 19.1. The first-order valence-electron chi connectivity index (χ1n) is 11.4. The molecule has 3 aromatic heterocycles. The van der Waals surface area contributed by atoms with Crippen LogP contribution in [-0.4, -0.2) is 25.1 Å². The molecule has 6 rings (SSSR count). The summed E-state index contributed by atoms with van der Waals surface area (Å²) in [6.07, 6.45) is 6.68. The van der Waals surface area contributed by atoms with E-state index in [0.717, 1.165) is 33.3 Å². The van der Waals surface area contributed by atoms with E-state index < -0.39 is 0 Å². The van der Waals surface area contributed by atoms with Gasteiger partial charge in [0.2, 0.25) is 5.88 Å². The molecule has 3 aromatic carbocycles. The van der Waals surface area contributed by atoms with Gasteiger partial charge in [-0.2, -0.15) is 0 Å². The number of hydrogen-bond donors (Lipinski definition) is 1. The average molecular weight is 469 g/mol. The predicted molar refractivity (Wildman–Crippen MR) is 140 cm³/mol. The molecule has 6 aromatic rings. The number of hydrogen-bond acceptors (Lipinski definition) is 7. The first-order valence-corrected chi connectivity index (χ1v) is 11.4. The van der Waals surface area contributed by atoms with Crippen LogP contribution in [0.25, 0.3) is 33.3 Å². The lowest BCUT2D eigenvalue weighted by atomic mass is 10.0. The molecule has 36 heavy (non-hydrogen) atoms. The van der Waals surface area contributed by atoms with Gasteiger partial charge in [0.05, 0.1) is 0 Å². The van der Waals surface area contributed by atoms with Gasteiger partial charge in [-0.1, -0.05) is 54.6 Å². The van der Waals surface area contributed by atoms with Crippen molar-refractivity contribution >= 4 is 22.3 Å². The van der Waals surface area contributed by atoms with Gasteiger partial charge in [-0.3, -0.25) is 4.98 Å². The Morgan fingerprint density at radius 2 is 1.25 bits per heavy atom. The second-order valence-corrected chi connectivity index (χ2v) is 8.01. The summed E-state index contributed by atoms with van der Waals surface area (Å²) in [6, 6.07) is 29.6. The van der Waals surface area contributed by atoms with Crippen molar-refractivity contribution in [2.45, 2.75) is 0 Å². The number of aromatic nitrogens is 5. The van der Waals surface area contributed by atoms with E-state index in [1.54, 1.807) is 24.8 Å². The van der Waals surface area contributed by atoms with Crippen molar-refractivity contribution in [2.24, 2.45) is 0 Å². The molecular weight excluding hydrogens is 448 g/mol. The van der Waals surface area contributed by atoms with E-state index in [0.29, 0.717) is 23.1 Å². The van der Waals surface area contributed by atoms with E-state index in [4.69, 9.17) is 4.74 Å². The smallest absolute Gasteiger partial charge is 0.246 e. The fourth-order valence-electron chi connectivity index (χ4n) is 3.97. The van der Waals surface area contributed by atoms with E-state index >= 15 is 0 Å². The normalized spacial score (nSPS) is 10.8. The number of fused-ring (bicyclic) bond motifs is 1. The molecule has 0 amide bonds. The Bertz CT molecular complexity index is 1620. The van der Waals surface area contributed by atoms with Crippen LogP contribution in [0.4, 0.5) is 11.5 Å². The summed E-state index contributed by atoms with van der Waals surface area (Å²) < 4.78 is 6.05. The van der Waals surface area contributed by atoms with Crippen LogP contribution >= 0.6 is 0 Å². The maximum Gasteiger partial charge on any atom is 0.246 e. The molecule has 0 aliphatic carbocycles. The van der Waals surface area contributed by atoms with Gasteiger partial charge in [0.1, 0.15) is 17.1 Å². The molecule has 7 heteroatoms. The number of pyridine rings is 1. The van der Waals surface area contributed by atoms with Crippen molar-refractivity contribution in [1.29, 1.82) is 0 Å². The van der Waals surface area contributed by atoms with Crippen molar-refractivity contribution in [2.75, 3.05) is 5.32 Å². The van der Waals surface area contributed by atoms with Crippen LogP contribution < -0.4 is 10.1 Å². The molecule has 0 atom stereocenters. The lowest BCUT2D eigenvalue weighted by Gasteiger charge is -2.12. The Morgan fingerprint density at radius 3 is 2.06 bits per heavy atom. The van der Waals surface area contributed by atoms with Gasteiger partial charge in [-0.25, -0.2) is 9.97 Å². The summed E-state index contributed by atoms with van der Waals surface area (Å²) in [5.41, 5.74) is 4.29. The molecule has 0 aliphatic rings. The summed E-state index contributed by atoms with van der Waals surface area (Å²) in [7, 11) is 0. The molecule has 172 valence electrons. The maximum atomic E-state index is 6.05. The number of rotatable bonds is 6. The van der Waals surface area contributed by atoms with Crippen LogP contribution in [0.15, 0.2) is 116 Å². The van der Waals surface area contributed by atoms with Gasteiger partial charge in [0.15, 0.2) is 5.82 Å². The second-order valence-electron chi connectivity index (χ2n) is 8.01. The first kappa shape index (κ1) is 21.4. The van der Waals surface area contributed by atoms with Gasteiger partial charge in [-0.05, 0) is 36.4 Å². The number of benzene rings is 3. The van der Waals surface area contributed by atoms with Gasteiger partial charge in [0.25, 0.3) is 0 Å². The van der Waals surface area contributed by atoms with E-state index in [-0.39, 0.29) is 0 Å². The summed E-state index contributed by atoms with van der Waals surface area (Å²) in [6.45, 7) is 0. The minimum absolute atomic E-state index is 0.428. The molecule has 0 bridgehead atoms. The SMILES string of the molecule is c1ccc(-c2nnc(Nc3ccc(Oc4nccnc4-c4ccncc4)cc3)c3ccccc23)cc1. The fourth-order valence-corrected chi connectivity index (χ4v) is 3.97. The van der Waals surface area contributed by atoms with Crippen molar-refractivity contribution < 1.29 is 4.74 Å². The molecule has 0 fully saturated rings. The average Bonchev–Trinajstić information content (AvgIpc) is 2.95. The van der Waals surface area contributed by atoms with Gasteiger partial charge in [0, 0.05) is 52.4 Å². The van der Waals surface area contributed by atoms with Crippen molar-refractivity contribution in [3.8, 4) is 34.1 Å². The molecule has 3 heterocycles. The minimum Gasteiger partial charge on any atom is -0.437 e. The maximum absolute atomic E-state index is 6.05. The Balaban J connectivity index is 1.26. The third-order valence-electron chi connectivity index (χ3n) is 5.68. The van der Waals surface area contributed by atoms with Crippen LogP contribution in [0, 0.1) is 0 Å². The van der Waals surface area contributed by atoms with Gasteiger partial charge in [-0.15, -0.1) is 10.2 Å². The zero-order valence-electron chi connectivity index (χ0n) is 19.1. The summed E-state index contributed by atoms with van der Waals surface area (Å²) >= 11 is 0. The molecule has 0 radical (unpaired) electrons. The van der Waals surface area contributed by atoms with Crippen LogP contribution in [-0.2, 0) is 0 Å². The lowest BCUT2D eigenvalue weighted by molar-refractivity contribution is 0.462. The number of nitrogens with one attached hydrogen (secondary N) is 1. The van der Waals surface area contributed by atoms with Crippen LogP contribution in [0.2, 0.25) is 0 Å². The highest BCUT2D eigenvalue weighted by Crippen LogP contribution is 2.32. The molecule has 0 unspecified atom stereocenters. The van der Waals surface area contributed by atoms with Crippen LogP contribution in [0.3, 0.4) is 0 Å². The summed E-state index contributed by atoms with van der Waals surface area (Å²) in [5, 5.41) is 14.4. The number of nitrogens with zero attached hydrogens (tertiary/aromatic N) is 5. The highest BCUT2D eigenvalue weighted by Gasteiger charge is 2.12. The molecule has 1 N–H and O–H groups in total. The second kappa shape index (κ2) is 9.60. The Kier molecular flexibility index (Phi) is 5.70. The molecule has 0 aliphatic heterocycles. The number of anilines is 2. The van der Waals surface area contributed by atoms with Gasteiger partial charge >= 0.3 is 0 Å². The predicted octanol–water partition coefficient (Wildman–Crippen LogP) is 6.68. The standard InChI is InChI=1S/C29H20N6O/c1-2-6-20(7-3-1)26-24-8-4-5-9-25(24)28(35-34-26)33-22-10-12-23(13-11-22)36-29-27(31-18-19-32-29)21-14-16-30-17-15-21/h1-19H,(H,33,35). The van der Waals surface area contributed by atoms with Crippen LogP contribution in [0.5, 0.6) is 11.6 Å². The summed E-state index contributed by atoms with van der Waals surface area (Å²) in [4.78, 5) is 12.9. The minimum atomic E-state index is 0.428. The third kappa shape index (κ3) is 4.33. The Morgan fingerprint density at radius 1 is 0.556 bits per heavy atom. The number of ether oxygens (including phenoxy) is 1. The third-order valence-corrected chi connectivity index (χ3v) is 5.68. The molecular formula is C29H20N6O. The highest BCUT2D eigenvalue weighted by atomic mass is 16.5. The highest BCUT2D eigenvalue weighted by molar-refractivity contribution is 6.00. The van der Waals surface area contributed by atoms with E-state index in [9.17, 15) is 0 Å². The molecule has 0 spiro atoms. The monoisotopic (exact) mass is 468 g/mol. The zero-order chi connectivity index (χ0) is 24.2. The van der Waals surface area contributed by atoms with E-state index in [1.165, 1.54) is 0 Å². The first-order chi connectivity index (χ1) is 17.8. The Hall–Kier alpha value is -5.17. The van der Waals surface area contributed by atoms with Crippen LogP contribution in [0.1, 0.15) is 0 Å². The molecule has 0 saturated heterocycles. The van der Waals surface area contributed by atoms with Crippen molar-refractivity contribution in [1.82, 2.24) is 25.1 Å². The fraction of sp³-hybridized carbons (Fsp3) is 0. The Labute approximate surface area is 207 Å². The van der Waals surface area contributed by atoms with Crippen molar-refractivity contribution in [3.63, 3.8) is 0 Å². The lowest BCUT2D eigenvalue weighted by Crippen LogP contribution is -1.99. The molecule has 7 nitrogen and oxygen atoms in total. The van der Waals surface area contributed by atoms with E-state index in [2.05, 4.69) is 36.5 Å².